The number of hydrogen-bond donors (Lipinski definition) is 3. The third kappa shape index (κ3) is 22.6. The van der Waals surface area contributed by atoms with Crippen LogP contribution in [-0.4, -0.2) is 36.9 Å². The molecule has 6 heteroatoms. The number of rotatable bonds is 25. The summed E-state index contributed by atoms with van der Waals surface area (Å²) in [6.45, 7) is 7.49. The van der Waals surface area contributed by atoms with E-state index in [4.69, 9.17) is 0 Å². The molecule has 3 N–H and O–H groups in total. The molecule has 0 radical (unpaired) electrons. The maximum Gasteiger partial charge on any atom is 0.242 e. The van der Waals surface area contributed by atoms with E-state index in [2.05, 4.69) is 48.9 Å². The molecule has 0 aromatic rings. The summed E-state index contributed by atoms with van der Waals surface area (Å²) in [6.07, 6.45) is 24.1. The van der Waals surface area contributed by atoms with Gasteiger partial charge in [0, 0.05) is 25.9 Å². The molecule has 0 saturated heterocycles. The lowest BCUT2D eigenvalue weighted by molar-refractivity contribution is -0.129. The monoisotopic (exact) mass is 507 g/mol. The van der Waals surface area contributed by atoms with Crippen LogP contribution in [0.3, 0.4) is 0 Å². The van der Waals surface area contributed by atoms with Crippen LogP contribution in [0.2, 0.25) is 0 Å². The summed E-state index contributed by atoms with van der Waals surface area (Å²) >= 11 is 0. The minimum absolute atomic E-state index is 0.0616. The molecule has 0 fully saturated rings. The van der Waals surface area contributed by atoms with E-state index in [0.717, 1.165) is 44.9 Å². The molecule has 6 nitrogen and oxygen atoms in total. The van der Waals surface area contributed by atoms with E-state index in [-0.39, 0.29) is 24.1 Å². The predicted molar refractivity (Wildman–Crippen MR) is 152 cm³/mol. The van der Waals surface area contributed by atoms with Crippen LogP contribution in [0.1, 0.15) is 143 Å². The summed E-state index contributed by atoms with van der Waals surface area (Å²) in [6, 6.07) is -0.644. The molecule has 0 bridgehead atoms. The molecule has 0 aliphatic heterocycles. The van der Waals surface area contributed by atoms with E-state index in [1.54, 1.807) is 0 Å². The quantitative estimate of drug-likeness (QED) is 0.0945. The maximum atomic E-state index is 12.6. The normalized spacial score (nSPS) is 12.0. The molecule has 0 unspecified atom stereocenters. The van der Waals surface area contributed by atoms with E-state index in [0.29, 0.717) is 25.9 Å². The SMILES string of the molecule is C/C=C/CCCCCCCCCCCCCC(=O)N[C@@H](CCC(=O)NCCCC)C(=O)NCCCC. The first-order valence-corrected chi connectivity index (χ1v) is 15.0. The van der Waals surface area contributed by atoms with Gasteiger partial charge in [-0.05, 0) is 45.4 Å². The molecule has 0 saturated carbocycles. The summed E-state index contributed by atoms with van der Waals surface area (Å²) in [7, 11) is 0. The van der Waals surface area contributed by atoms with Crippen molar-refractivity contribution in [1.29, 1.82) is 0 Å². The molecule has 1 atom stereocenters. The van der Waals surface area contributed by atoms with Gasteiger partial charge < -0.3 is 16.0 Å². The number of allylic oxidation sites excluding steroid dienone is 2. The fraction of sp³-hybridized carbons (Fsp3) is 0.833. The van der Waals surface area contributed by atoms with Gasteiger partial charge in [-0.15, -0.1) is 0 Å². The fourth-order valence-corrected chi connectivity index (χ4v) is 4.12. The Morgan fingerprint density at radius 3 is 1.72 bits per heavy atom. The Bertz CT molecular complexity index is 578. The van der Waals surface area contributed by atoms with Crippen LogP contribution in [-0.2, 0) is 14.4 Å². The van der Waals surface area contributed by atoms with Crippen molar-refractivity contribution >= 4 is 17.7 Å². The maximum absolute atomic E-state index is 12.6. The third-order valence-electron chi connectivity index (χ3n) is 6.50. The van der Waals surface area contributed by atoms with Crippen LogP contribution in [0, 0.1) is 0 Å². The number of unbranched alkanes of at least 4 members (excludes halogenated alkanes) is 13. The van der Waals surface area contributed by atoms with E-state index in [1.165, 1.54) is 57.8 Å². The second-order valence-electron chi connectivity index (χ2n) is 10.0. The van der Waals surface area contributed by atoms with Crippen LogP contribution in [0.4, 0.5) is 0 Å². The lowest BCUT2D eigenvalue weighted by Crippen LogP contribution is -2.47. The van der Waals surface area contributed by atoms with Gasteiger partial charge in [0.2, 0.25) is 17.7 Å². The first-order chi connectivity index (χ1) is 17.5. The highest BCUT2D eigenvalue weighted by atomic mass is 16.2. The molecule has 3 amide bonds. The largest absolute Gasteiger partial charge is 0.356 e. The van der Waals surface area contributed by atoms with Crippen LogP contribution >= 0.6 is 0 Å². The van der Waals surface area contributed by atoms with Gasteiger partial charge in [-0.2, -0.15) is 0 Å². The number of carbonyl (C=O) groups excluding carboxylic acids is 3. The summed E-state index contributed by atoms with van der Waals surface area (Å²) < 4.78 is 0. The molecule has 0 spiro atoms. The van der Waals surface area contributed by atoms with Gasteiger partial charge >= 0.3 is 0 Å². The van der Waals surface area contributed by atoms with Crippen LogP contribution < -0.4 is 16.0 Å². The highest BCUT2D eigenvalue weighted by Crippen LogP contribution is 2.13. The Morgan fingerprint density at radius 1 is 0.639 bits per heavy atom. The Morgan fingerprint density at radius 2 is 1.17 bits per heavy atom. The average Bonchev–Trinajstić information content (AvgIpc) is 2.87. The highest BCUT2D eigenvalue weighted by molar-refractivity contribution is 5.88. The highest BCUT2D eigenvalue weighted by Gasteiger charge is 2.21. The molecule has 210 valence electrons. The standard InChI is InChI=1S/C30H57N3O3/c1-4-7-10-11-12-13-14-15-16-17-18-19-20-21-22-29(35)33-27(30(36)32-26-9-6-3)23-24-28(34)31-25-8-5-2/h4,7,27H,5-6,8-26H2,1-3H3,(H,31,34)(H,32,36)(H,33,35)/b7-4+/t27-/m0/s1. The summed E-state index contributed by atoms with van der Waals surface area (Å²) in [5, 5.41) is 8.66. The van der Waals surface area contributed by atoms with Gasteiger partial charge in [0.1, 0.15) is 6.04 Å². The van der Waals surface area contributed by atoms with Gasteiger partial charge in [-0.25, -0.2) is 0 Å². The smallest absolute Gasteiger partial charge is 0.242 e. The zero-order valence-electron chi connectivity index (χ0n) is 23.8. The molecule has 0 heterocycles. The molecule has 0 rings (SSSR count). The van der Waals surface area contributed by atoms with Crippen LogP contribution in [0.25, 0.3) is 0 Å². The molecule has 0 aromatic carbocycles. The predicted octanol–water partition coefficient (Wildman–Crippen LogP) is 6.73. The topological polar surface area (TPSA) is 87.3 Å². The van der Waals surface area contributed by atoms with Gasteiger partial charge in [-0.1, -0.05) is 96.6 Å². The van der Waals surface area contributed by atoms with Crippen LogP contribution in [0.5, 0.6) is 0 Å². The van der Waals surface area contributed by atoms with Crippen molar-refractivity contribution in [1.82, 2.24) is 16.0 Å². The minimum Gasteiger partial charge on any atom is -0.356 e. The Labute approximate surface area is 222 Å². The molecule has 36 heavy (non-hydrogen) atoms. The van der Waals surface area contributed by atoms with Crippen molar-refractivity contribution < 1.29 is 14.4 Å². The average molecular weight is 508 g/mol. The van der Waals surface area contributed by atoms with Gasteiger partial charge in [0.05, 0.1) is 0 Å². The minimum atomic E-state index is -0.644. The Hall–Kier alpha value is -1.85. The Balaban J connectivity index is 4.02. The zero-order valence-corrected chi connectivity index (χ0v) is 23.8. The van der Waals surface area contributed by atoms with Gasteiger partial charge in [0.25, 0.3) is 0 Å². The summed E-state index contributed by atoms with van der Waals surface area (Å²) in [5.74, 6) is -0.337. The van der Waals surface area contributed by atoms with E-state index >= 15 is 0 Å². The van der Waals surface area contributed by atoms with E-state index < -0.39 is 6.04 Å². The van der Waals surface area contributed by atoms with Gasteiger partial charge in [0.15, 0.2) is 0 Å². The van der Waals surface area contributed by atoms with E-state index in [9.17, 15) is 14.4 Å². The molecule has 0 aliphatic carbocycles. The molecule has 0 aliphatic rings. The van der Waals surface area contributed by atoms with Crippen molar-refractivity contribution in [3.63, 3.8) is 0 Å². The lowest BCUT2D eigenvalue weighted by atomic mass is 10.0. The Kier molecular flexibility index (Phi) is 24.9. The second kappa shape index (κ2) is 26.2. The van der Waals surface area contributed by atoms with Crippen LogP contribution in [0.15, 0.2) is 12.2 Å². The van der Waals surface area contributed by atoms with Crippen molar-refractivity contribution in [2.75, 3.05) is 13.1 Å². The lowest BCUT2D eigenvalue weighted by Gasteiger charge is -2.18. The number of hydrogen-bond acceptors (Lipinski definition) is 3. The van der Waals surface area contributed by atoms with Crippen molar-refractivity contribution in [2.45, 2.75) is 149 Å². The molecular formula is C30H57N3O3. The molecular weight excluding hydrogens is 450 g/mol. The zero-order chi connectivity index (χ0) is 26.7. The van der Waals surface area contributed by atoms with Crippen molar-refractivity contribution in [3.8, 4) is 0 Å². The summed E-state index contributed by atoms with van der Waals surface area (Å²) in [4.78, 5) is 37.1. The number of carbonyl (C=O) groups is 3. The van der Waals surface area contributed by atoms with E-state index in [1.807, 2.05) is 0 Å². The molecule has 0 aromatic heterocycles. The van der Waals surface area contributed by atoms with Crippen molar-refractivity contribution in [3.05, 3.63) is 12.2 Å². The first kappa shape index (κ1) is 34.1. The van der Waals surface area contributed by atoms with Crippen molar-refractivity contribution in [2.24, 2.45) is 0 Å². The first-order valence-electron chi connectivity index (χ1n) is 15.0. The summed E-state index contributed by atoms with van der Waals surface area (Å²) in [5.41, 5.74) is 0. The van der Waals surface area contributed by atoms with Gasteiger partial charge in [-0.3, -0.25) is 14.4 Å². The second-order valence-corrected chi connectivity index (χ2v) is 10.0. The third-order valence-corrected chi connectivity index (χ3v) is 6.50. The number of nitrogens with one attached hydrogen (secondary N) is 3. The number of amides is 3. The fourth-order valence-electron chi connectivity index (χ4n) is 4.12.